The van der Waals surface area contributed by atoms with E-state index in [1.807, 2.05) is 18.2 Å². The number of hydrogen-bond acceptors (Lipinski definition) is 3. The van der Waals surface area contributed by atoms with Gasteiger partial charge in [-0.1, -0.05) is 44.9 Å². The van der Waals surface area contributed by atoms with Crippen LogP contribution in [0, 0.1) is 0 Å². The molecule has 0 spiro atoms. The first-order valence-corrected chi connectivity index (χ1v) is 8.54. The van der Waals surface area contributed by atoms with Crippen LogP contribution in [0.4, 0.5) is 0 Å². The highest BCUT2D eigenvalue weighted by Gasteiger charge is 2.37. The lowest BCUT2D eigenvalue weighted by atomic mass is 9.90. The van der Waals surface area contributed by atoms with Crippen molar-refractivity contribution in [1.82, 2.24) is 0 Å². The molecule has 3 heteroatoms. The molecule has 0 radical (unpaired) electrons. The van der Waals surface area contributed by atoms with E-state index in [0.717, 1.165) is 31.3 Å². The van der Waals surface area contributed by atoms with Crippen LogP contribution < -0.4 is 0 Å². The van der Waals surface area contributed by atoms with Crippen molar-refractivity contribution in [1.29, 1.82) is 0 Å². The third-order valence-corrected chi connectivity index (χ3v) is 5.28. The molecule has 1 N–H and O–H groups in total. The Morgan fingerprint density at radius 2 is 2.00 bits per heavy atom. The van der Waals surface area contributed by atoms with E-state index in [-0.39, 0.29) is 10.9 Å². The zero-order valence-corrected chi connectivity index (χ0v) is 14.5. The summed E-state index contributed by atoms with van der Waals surface area (Å²) < 4.78 is 4.89. The average Bonchev–Trinajstić information content (AvgIpc) is 2.50. The molecule has 1 rings (SSSR count). The third-order valence-electron chi connectivity index (χ3n) is 3.82. The predicted molar refractivity (Wildman–Crippen MR) is 91.6 cm³/mol. The second-order valence-corrected chi connectivity index (χ2v) is 6.94. The van der Waals surface area contributed by atoms with Gasteiger partial charge in [-0.15, -0.1) is 11.8 Å². The topological polar surface area (TPSA) is 29.5 Å². The second-order valence-electron chi connectivity index (χ2n) is 5.41. The molecule has 0 saturated carbocycles. The van der Waals surface area contributed by atoms with E-state index < -0.39 is 0 Å². The van der Waals surface area contributed by atoms with Gasteiger partial charge in [-0.05, 0) is 37.5 Å². The highest BCUT2D eigenvalue weighted by Crippen LogP contribution is 2.43. The normalized spacial score (nSPS) is 16.3. The molecule has 21 heavy (non-hydrogen) atoms. The molecule has 1 aromatic carbocycles. The van der Waals surface area contributed by atoms with Crippen molar-refractivity contribution in [2.24, 2.45) is 0 Å². The molecule has 0 saturated heterocycles. The van der Waals surface area contributed by atoms with Crippen molar-refractivity contribution in [3.63, 3.8) is 0 Å². The van der Waals surface area contributed by atoms with Gasteiger partial charge in [-0.2, -0.15) is 0 Å². The molecule has 2 atom stereocenters. The molecule has 0 aliphatic carbocycles. The fourth-order valence-corrected chi connectivity index (χ4v) is 3.81. The lowest BCUT2D eigenvalue weighted by Gasteiger charge is -2.36. The van der Waals surface area contributed by atoms with Crippen molar-refractivity contribution in [3.8, 4) is 0 Å². The maximum atomic E-state index is 10.8. The van der Waals surface area contributed by atoms with Crippen LogP contribution in [0.3, 0.4) is 0 Å². The highest BCUT2D eigenvalue weighted by molar-refractivity contribution is 8.01. The number of methoxy groups -OCH3 is 1. The molecular formula is C18H28O2S. The molecule has 0 heterocycles. The summed E-state index contributed by atoms with van der Waals surface area (Å²) in [5.74, 6) is 0. The van der Waals surface area contributed by atoms with E-state index in [1.54, 1.807) is 25.1 Å². The van der Waals surface area contributed by atoms with Crippen molar-refractivity contribution in [2.75, 3.05) is 7.11 Å². The van der Waals surface area contributed by atoms with Crippen LogP contribution in [0.15, 0.2) is 47.1 Å². The van der Waals surface area contributed by atoms with Gasteiger partial charge in [0.25, 0.3) is 0 Å². The van der Waals surface area contributed by atoms with Gasteiger partial charge in [0.1, 0.15) is 0 Å². The van der Waals surface area contributed by atoms with Crippen LogP contribution in [-0.4, -0.2) is 23.1 Å². The number of benzene rings is 1. The summed E-state index contributed by atoms with van der Waals surface area (Å²) in [6.07, 6.45) is 5.23. The van der Waals surface area contributed by atoms with Gasteiger partial charge in [0, 0.05) is 4.90 Å². The van der Waals surface area contributed by atoms with E-state index in [2.05, 4.69) is 32.9 Å². The summed E-state index contributed by atoms with van der Waals surface area (Å²) in [7, 11) is 1.67. The molecule has 0 aromatic heterocycles. The highest BCUT2D eigenvalue weighted by atomic mass is 32.2. The van der Waals surface area contributed by atoms with Crippen LogP contribution in [0.5, 0.6) is 0 Å². The average molecular weight is 308 g/mol. The summed E-state index contributed by atoms with van der Waals surface area (Å²) in [4.78, 5) is 1.17. The van der Waals surface area contributed by atoms with Crippen LogP contribution >= 0.6 is 11.8 Å². The largest absolute Gasteiger partial charge is 0.504 e. The van der Waals surface area contributed by atoms with Crippen molar-refractivity contribution >= 4 is 11.8 Å². The standard InChI is InChI=1S/C18H28O2S/c1-5-7-13-17(19)18(3,15(6-2)14-20-4)21-16-11-9-8-10-12-16/h8-12,14,17,19H,5-7,13H2,1-4H3. The summed E-state index contributed by atoms with van der Waals surface area (Å²) in [5, 5.41) is 10.8. The monoisotopic (exact) mass is 308 g/mol. The fraction of sp³-hybridized carbons (Fsp3) is 0.556. The van der Waals surface area contributed by atoms with Gasteiger partial charge in [0.15, 0.2) is 0 Å². The van der Waals surface area contributed by atoms with Gasteiger partial charge in [0.05, 0.1) is 24.2 Å². The number of ether oxygens (including phenoxy) is 1. The molecule has 0 amide bonds. The van der Waals surface area contributed by atoms with Gasteiger partial charge >= 0.3 is 0 Å². The number of unbranched alkanes of at least 4 members (excludes halogenated alkanes) is 1. The zero-order valence-electron chi connectivity index (χ0n) is 13.6. The zero-order chi connectivity index (χ0) is 15.7. The summed E-state index contributed by atoms with van der Waals surface area (Å²) in [5.41, 5.74) is 1.14. The minimum Gasteiger partial charge on any atom is -0.504 e. The maximum Gasteiger partial charge on any atom is 0.0831 e. The van der Waals surface area contributed by atoms with Crippen molar-refractivity contribution in [2.45, 2.75) is 62.2 Å². The Labute approximate surface area is 133 Å². The molecule has 0 aliphatic heterocycles. The Morgan fingerprint density at radius 1 is 1.33 bits per heavy atom. The van der Waals surface area contributed by atoms with Gasteiger partial charge in [0.2, 0.25) is 0 Å². The third kappa shape index (κ3) is 5.08. The molecule has 0 fully saturated rings. The van der Waals surface area contributed by atoms with Crippen LogP contribution in [-0.2, 0) is 4.74 Å². The quantitative estimate of drug-likeness (QED) is 0.512. The molecular weight excluding hydrogens is 280 g/mol. The number of thioether (sulfide) groups is 1. The van der Waals surface area contributed by atoms with Crippen LogP contribution in [0.1, 0.15) is 46.5 Å². The first-order valence-electron chi connectivity index (χ1n) is 7.72. The predicted octanol–water partition coefficient (Wildman–Crippen LogP) is 5.03. The second kappa shape index (κ2) is 9.16. The Bertz CT molecular complexity index is 430. The number of aliphatic hydroxyl groups is 1. The summed E-state index contributed by atoms with van der Waals surface area (Å²) >= 11 is 1.72. The first kappa shape index (κ1) is 18.1. The van der Waals surface area contributed by atoms with Gasteiger partial charge in [-0.25, -0.2) is 0 Å². The SMILES string of the molecule is CCCCC(O)C(C)(Sc1ccccc1)C(=COC)CC. The number of hydrogen-bond donors (Lipinski definition) is 1. The van der Waals surface area contributed by atoms with E-state index in [0.29, 0.717) is 0 Å². The minimum absolute atomic E-state index is 0.360. The number of aliphatic hydroxyl groups excluding tert-OH is 1. The Kier molecular flexibility index (Phi) is 7.91. The molecule has 2 unspecified atom stereocenters. The van der Waals surface area contributed by atoms with E-state index in [4.69, 9.17) is 4.74 Å². The first-order chi connectivity index (χ1) is 10.1. The van der Waals surface area contributed by atoms with Crippen LogP contribution in [0.2, 0.25) is 0 Å². The summed E-state index contributed by atoms with van der Waals surface area (Å²) in [6, 6.07) is 10.3. The summed E-state index contributed by atoms with van der Waals surface area (Å²) in [6.45, 7) is 6.39. The molecule has 0 aliphatic rings. The molecule has 1 aromatic rings. The van der Waals surface area contributed by atoms with Crippen molar-refractivity contribution in [3.05, 3.63) is 42.2 Å². The van der Waals surface area contributed by atoms with Gasteiger partial charge in [-0.3, -0.25) is 0 Å². The molecule has 0 bridgehead atoms. The van der Waals surface area contributed by atoms with Gasteiger partial charge < -0.3 is 9.84 Å². The molecule has 2 nitrogen and oxygen atoms in total. The van der Waals surface area contributed by atoms with Crippen molar-refractivity contribution < 1.29 is 9.84 Å². The fourth-order valence-electron chi connectivity index (χ4n) is 2.45. The van der Waals surface area contributed by atoms with E-state index >= 15 is 0 Å². The maximum absolute atomic E-state index is 10.8. The minimum atomic E-state index is -0.385. The van der Waals surface area contributed by atoms with Crippen LogP contribution in [0.25, 0.3) is 0 Å². The van der Waals surface area contributed by atoms with E-state index in [9.17, 15) is 5.11 Å². The Balaban J connectivity index is 3.05. The smallest absolute Gasteiger partial charge is 0.0831 e. The number of rotatable bonds is 9. The Morgan fingerprint density at radius 3 is 2.52 bits per heavy atom. The lowest BCUT2D eigenvalue weighted by Crippen LogP contribution is -2.38. The lowest BCUT2D eigenvalue weighted by molar-refractivity contribution is 0.133. The Hall–Kier alpha value is -0.930. The van der Waals surface area contributed by atoms with E-state index in [1.165, 1.54) is 4.90 Å². The molecule has 118 valence electrons.